The number of likely N-dealkylation sites (tertiary alicyclic amines) is 1. The van der Waals surface area contributed by atoms with Gasteiger partial charge in [0.2, 0.25) is 5.91 Å². The summed E-state index contributed by atoms with van der Waals surface area (Å²) in [6.07, 6.45) is 0.214. The summed E-state index contributed by atoms with van der Waals surface area (Å²) >= 11 is 13.2. The van der Waals surface area contributed by atoms with E-state index in [0.717, 1.165) is 23.4 Å². The summed E-state index contributed by atoms with van der Waals surface area (Å²) in [6.45, 7) is 2.00. The summed E-state index contributed by atoms with van der Waals surface area (Å²) in [4.78, 5) is 15.9. The number of aliphatic hydroxyl groups is 1. The number of halogens is 2. The van der Waals surface area contributed by atoms with Crippen LogP contribution in [-0.4, -0.2) is 35.2 Å². The van der Waals surface area contributed by atoms with Crippen LogP contribution >= 0.6 is 23.2 Å². The number of anilines is 2. The molecule has 1 fully saturated rings. The summed E-state index contributed by atoms with van der Waals surface area (Å²) in [7, 11) is 0. The lowest BCUT2D eigenvalue weighted by atomic mass is 10.0. The van der Waals surface area contributed by atoms with Crippen LogP contribution in [0.3, 0.4) is 0 Å². The van der Waals surface area contributed by atoms with Crippen molar-refractivity contribution in [1.82, 2.24) is 4.90 Å². The first-order chi connectivity index (χ1) is 15.9. The Morgan fingerprint density at radius 3 is 2.36 bits per heavy atom. The standard InChI is InChI=1S/C26H27Cl2N3O2/c27-21-10-6-11-22(28)26(21)31(23-12-5-4-9-20(23)14-24(29)32)17-19-13-25(33)30(16-19)15-18-7-2-1-3-8-18/h1-12,19,25,33H,13-17H2,(H2,29,32). The van der Waals surface area contributed by atoms with Crippen LogP contribution in [0.15, 0.2) is 72.8 Å². The van der Waals surface area contributed by atoms with Crippen LogP contribution in [0.4, 0.5) is 11.4 Å². The number of carbonyl (C=O) groups excluding carboxylic acids is 1. The third-order valence-electron chi connectivity index (χ3n) is 5.98. The van der Waals surface area contributed by atoms with E-state index in [1.54, 1.807) is 12.1 Å². The number of aliphatic hydroxyl groups excluding tert-OH is 1. The quantitative estimate of drug-likeness (QED) is 0.472. The number of amides is 1. The van der Waals surface area contributed by atoms with Gasteiger partial charge in [-0.15, -0.1) is 0 Å². The zero-order valence-electron chi connectivity index (χ0n) is 18.2. The molecule has 7 heteroatoms. The minimum Gasteiger partial charge on any atom is -0.378 e. The van der Waals surface area contributed by atoms with E-state index >= 15 is 0 Å². The molecule has 33 heavy (non-hydrogen) atoms. The van der Waals surface area contributed by atoms with Crippen LogP contribution in [0, 0.1) is 5.92 Å². The minimum atomic E-state index is -0.528. The Morgan fingerprint density at radius 2 is 1.67 bits per heavy atom. The van der Waals surface area contributed by atoms with E-state index in [4.69, 9.17) is 28.9 Å². The fraction of sp³-hybridized carbons (Fsp3) is 0.269. The van der Waals surface area contributed by atoms with Crippen molar-refractivity contribution < 1.29 is 9.90 Å². The molecule has 3 aromatic rings. The zero-order chi connectivity index (χ0) is 23.4. The summed E-state index contributed by atoms with van der Waals surface area (Å²) in [5.74, 6) is -0.240. The molecule has 1 saturated heterocycles. The molecule has 0 radical (unpaired) electrons. The summed E-state index contributed by atoms with van der Waals surface area (Å²) in [5, 5.41) is 11.8. The van der Waals surface area contributed by atoms with Crippen molar-refractivity contribution in [1.29, 1.82) is 0 Å². The zero-order valence-corrected chi connectivity index (χ0v) is 19.7. The second-order valence-electron chi connectivity index (χ2n) is 8.45. The number of primary amides is 1. The Bertz CT molecular complexity index is 1090. The molecule has 3 aromatic carbocycles. The lowest BCUT2D eigenvalue weighted by molar-refractivity contribution is -0.117. The molecule has 2 unspecified atom stereocenters. The van der Waals surface area contributed by atoms with Crippen LogP contribution in [-0.2, 0) is 17.8 Å². The predicted molar refractivity (Wildman–Crippen MR) is 134 cm³/mol. The number of hydrogen-bond acceptors (Lipinski definition) is 4. The van der Waals surface area contributed by atoms with E-state index < -0.39 is 12.1 Å². The van der Waals surface area contributed by atoms with Gasteiger partial charge in [-0.25, -0.2) is 0 Å². The third kappa shape index (κ3) is 5.68. The topological polar surface area (TPSA) is 69.8 Å². The molecule has 5 nitrogen and oxygen atoms in total. The molecule has 4 rings (SSSR count). The smallest absolute Gasteiger partial charge is 0.221 e. The first-order valence-corrected chi connectivity index (χ1v) is 11.7. The highest BCUT2D eigenvalue weighted by Crippen LogP contribution is 2.41. The van der Waals surface area contributed by atoms with E-state index in [-0.39, 0.29) is 12.3 Å². The highest BCUT2D eigenvalue weighted by molar-refractivity contribution is 6.39. The van der Waals surface area contributed by atoms with Gasteiger partial charge in [0.05, 0.1) is 22.2 Å². The molecule has 1 amide bonds. The molecule has 1 aliphatic heterocycles. The van der Waals surface area contributed by atoms with Crippen molar-refractivity contribution in [2.24, 2.45) is 11.7 Å². The SMILES string of the molecule is NC(=O)Cc1ccccc1N(CC1CC(O)N(Cc2ccccc2)C1)c1c(Cl)cccc1Cl. The van der Waals surface area contributed by atoms with E-state index in [1.807, 2.05) is 48.5 Å². The van der Waals surface area contributed by atoms with Crippen LogP contribution in [0.2, 0.25) is 10.0 Å². The van der Waals surface area contributed by atoms with Crippen LogP contribution < -0.4 is 10.6 Å². The van der Waals surface area contributed by atoms with Gasteiger partial charge < -0.3 is 15.7 Å². The first kappa shape index (κ1) is 23.6. The number of nitrogens with two attached hydrogens (primary N) is 1. The summed E-state index contributed by atoms with van der Waals surface area (Å²) in [5.41, 5.74) is 9.01. The molecule has 0 bridgehead atoms. The number of rotatable bonds is 8. The highest BCUT2D eigenvalue weighted by atomic mass is 35.5. The molecule has 3 N–H and O–H groups in total. The van der Waals surface area contributed by atoms with Gasteiger partial charge in [0.15, 0.2) is 0 Å². The van der Waals surface area contributed by atoms with Crippen LogP contribution in [0.1, 0.15) is 17.5 Å². The number of benzene rings is 3. The highest BCUT2D eigenvalue weighted by Gasteiger charge is 2.33. The van der Waals surface area contributed by atoms with Crippen molar-refractivity contribution in [3.05, 3.63) is 94.0 Å². The first-order valence-electron chi connectivity index (χ1n) is 11.0. The van der Waals surface area contributed by atoms with E-state index in [0.29, 0.717) is 35.2 Å². The van der Waals surface area contributed by atoms with Gasteiger partial charge in [-0.1, -0.05) is 77.8 Å². The summed E-state index contributed by atoms with van der Waals surface area (Å²) < 4.78 is 0. The molecule has 172 valence electrons. The van der Waals surface area contributed by atoms with Gasteiger partial charge >= 0.3 is 0 Å². The molecule has 0 aliphatic carbocycles. The molecule has 0 spiro atoms. The average molecular weight is 484 g/mol. The summed E-state index contributed by atoms with van der Waals surface area (Å²) in [6, 6.07) is 23.2. The predicted octanol–water partition coefficient (Wildman–Crippen LogP) is 5.00. The third-order valence-corrected chi connectivity index (χ3v) is 6.59. The molecule has 2 atom stereocenters. The fourth-order valence-electron chi connectivity index (χ4n) is 4.52. The molecular weight excluding hydrogens is 457 g/mol. The maximum atomic E-state index is 11.7. The van der Waals surface area contributed by atoms with Crippen LogP contribution in [0.25, 0.3) is 0 Å². The lowest BCUT2D eigenvalue weighted by Crippen LogP contribution is -2.30. The van der Waals surface area contributed by atoms with Crippen molar-refractivity contribution in [3.63, 3.8) is 0 Å². The van der Waals surface area contributed by atoms with Gasteiger partial charge in [-0.2, -0.15) is 0 Å². The van der Waals surface area contributed by atoms with E-state index in [2.05, 4.69) is 21.9 Å². The van der Waals surface area contributed by atoms with Gasteiger partial charge in [0.1, 0.15) is 6.23 Å². The largest absolute Gasteiger partial charge is 0.378 e. The second-order valence-corrected chi connectivity index (χ2v) is 9.26. The Labute approximate surface area is 204 Å². The van der Waals surface area contributed by atoms with Crippen LogP contribution in [0.5, 0.6) is 0 Å². The Morgan fingerprint density at radius 1 is 1.00 bits per heavy atom. The van der Waals surface area contributed by atoms with E-state index in [9.17, 15) is 9.90 Å². The molecule has 1 heterocycles. The molecule has 0 saturated carbocycles. The van der Waals surface area contributed by atoms with Crippen molar-refractivity contribution in [2.75, 3.05) is 18.0 Å². The fourth-order valence-corrected chi connectivity index (χ4v) is 5.12. The van der Waals surface area contributed by atoms with Gasteiger partial charge in [-0.3, -0.25) is 9.69 Å². The molecule has 1 aliphatic rings. The Kier molecular flexibility index (Phi) is 7.56. The molecular formula is C26H27Cl2N3O2. The average Bonchev–Trinajstić information content (AvgIpc) is 3.12. The minimum absolute atomic E-state index is 0.113. The second kappa shape index (κ2) is 10.6. The lowest BCUT2D eigenvalue weighted by Gasteiger charge is -2.31. The van der Waals surface area contributed by atoms with Gasteiger partial charge in [0.25, 0.3) is 0 Å². The van der Waals surface area contributed by atoms with Crippen molar-refractivity contribution in [2.45, 2.75) is 25.6 Å². The monoisotopic (exact) mass is 483 g/mol. The molecule has 0 aromatic heterocycles. The van der Waals surface area contributed by atoms with E-state index in [1.165, 1.54) is 0 Å². The van der Waals surface area contributed by atoms with Crippen molar-refractivity contribution in [3.8, 4) is 0 Å². The van der Waals surface area contributed by atoms with Crippen molar-refractivity contribution >= 4 is 40.5 Å². The number of nitrogens with zero attached hydrogens (tertiary/aromatic N) is 2. The van der Waals surface area contributed by atoms with Gasteiger partial charge in [0, 0.05) is 25.3 Å². The number of carbonyl (C=O) groups is 1. The Balaban J connectivity index is 1.64. The Hall–Kier alpha value is -2.57. The van der Waals surface area contributed by atoms with Gasteiger partial charge in [-0.05, 0) is 41.7 Å². The number of para-hydroxylation sites is 2. The maximum absolute atomic E-state index is 11.7. The maximum Gasteiger partial charge on any atom is 0.221 e. The number of hydrogen-bond donors (Lipinski definition) is 2. The normalized spacial score (nSPS) is 18.4.